The van der Waals surface area contributed by atoms with E-state index in [4.69, 9.17) is 4.74 Å². The van der Waals surface area contributed by atoms with E-state index in [9.17, 15) is 9.90 Å². The predicted octanol–water partition coefficient (Wildman–Crippen LogP) is 1.25. The number of carbonyl (C=O) groups is 1. The summed E-state index contributed by atoms with van der Waals surface area (Å²) in [6, 6.07) is 6.17. The molecule has 7 nitrogen and oxygen atoms in total. The van der Waals surface area contributed by atoms with E-state index in [0.717, 1.165) is 32.0 Å². The quantitative estimate of drug-likeness (QED) is 0.338. The minimum Gasteiger partial charge on any atom is -0.508 e. The predicted molar refractivity (Wildman–Crippen MR) is 98.0 cm³/mol. The van der Waals surface area contributed by atoms with E-state index in [1.54, 1.807) is 12.1 Å². The standard InChI is InChI=1S/C18H28N4O3/c1-3-19-17(22-13-18(2)9-4-12-25-18)21-11-10-20-16(24)14-5-7-15(23)8-6-14/h5-8,23H,3-4,9-13H2,1-2H3,(H,20,24)(H2,19,21,22). The zero-order valence-corrected chi connectivity index (χ0v) is 15.0. The Morgan fingerprint density at radius 3 is 2.60 bits per heavy atom. The monoisotopic (exact) mass is 348 g/mol. The maximum Gasteiger partial charge on any atom is 0.251 e. The van der Waals surface area contributed by atoms with Gasteiger partial charge in [-0.05, 0) is 51.0 Å². The molecule has 2 rings (SSSR count). The molecule has 1 fully saturated rings. The summed E-state index contributed by atoms with van der Waals surface area (Å²) in [6.07, 6.45) is 2.11. The summed E-state index contributed by atoms with van der Waals surface area (Å²) in [5.41, 5.74) is 0.347. The second-order valence-corrected chi connectivity index (χ2v) is 6.33. The molecule has 1 aromatic carbocycles. The lowest BCUT2D eigenvalue weighted by atomic mass is 10.0. The van der Waals surface area contributed by atoms with E-state index < -0.39 is 0 Å². The molecule has 0 aromatic heterocycles. The third-order valence-electron chi connectivity index (χ3n) is 4.05. The smallest absolute Gasteiger partial charge is 0.251 e. The van der Waals surface area contributed by atoms with Gasteiger partial charge in [0.15, 0.2) is 5.96 Å². The molecule has 1 unspecified atom stereocenters. The molecule has 1 amide bonds. The second-order valence-electron chi connectivity index (χ2n) is 6.33. The van der Waals surface area contributed by atoms with E-state index in [1.807, 2.05) is 6.92 Å². The Morgan fingerprint density at radius 1 is 1.24 bits per heavy atom. The number of amides is 1. The molecule has 1 aliphatic rings. The number of phenols is 1. The summed E-state index contributed by atoms with van der Waals surface area (Å²) in [7, 11) is 0. The van der Waals surface area contributed by atoms with Crippen molar-refractivity contribution in [2.45, 2.75) is 32.3 Å². The molecular formula is C18H28N4O3. The lowest BCUT2D eigenvalue weighted by Gasteiger charge is -2.21. The molecule has 7 heteroatoms. The normalized spacial score (nSPS) is 20.3. The Labute approximate surface area is 148 Å². The summed E-state index contributed by atoms with van der Waals surface area (Å²) in [5, 5.41) is 18.5. The summed E-state index contributed by atoms with van der Waals surface area (Å²) < 4.78 is 5.75. The van der Waals surface area contributed by atoms with Crippen molar-refractivity contribution >= 4 is 11.9 Å². The van der Waals surface area contributed by atoms with Crippen LogP contribution in [0.2, 0.25) is 0 Å². The lowest BCUT2D eigenvalue weighted by Crippen LogP contribution is -2.42. The number of carbonyl (C=O) groups excluding carboxylic acids is 1. The van der Waals surface area contributed by atoms with Gasteiger partial charge in [-0.1, -0.05) is 0 Å². The third kappa shape index (κ3) is 6.26. The number of aromatic hydroxyl groups is 1. The Balaban J connectivity index is 1.75. The van der Waals surface area contributed by atoms with Crippen LogP contribution in [0.4, 0.5) is 0 Å². The zero-order valence-electron chi connectivity index (χ0n) is 15.0. The molecule has 25 heavy (non-hydrogen) atoms. The molecule has 0 aliphatic carbocycles. The van der Waals surface area contributed by atoms with Gasteiger partial charge < -0.3 is 25.8 Å². The molecule has 1 aliphatic heterocycles. The number of nitrogens with one attached hydrogen (secondary N) is 3. The van der Waals surface area contributed by atoms with E-state index in [-0.39, 0.29) is 17.3 Å². The highest BCUT2D eigenvalue weighted by atomic mass is 16.5. The molecular weight excluding hydrogens is 320 g/mol. The van der Waals surface area contributed by atoms with Crippen LogP contribution in [0, 0.1) is 0 Å². The first-order valence-corrected chi connectivity index (χ1v) is 8.76. The van der Waals surface area contributed by atoms with Crippen molar-refractivity contribution in [3.05, 3.63) is 29.8 Å². The number of aliphatic imine (C=N–C) groups is 1. The van der Waals surface area contributed by atoms with E-state index >= 15 is 0 Å². The fourth-order valence-corrected chi connectivity index (χ4v) is 2.62. The maximum absolute atomic E-state index is 12.0. The molecule has 0 bridgehead atoms. The number of hydrogen-bond donors (Lipinski definition) is 4. The average Bonchev–Trinajstić information content (AvgIpc) is 3.04. The number of rotatable bonds is 7. The molecule has 0 radical (unpaired) electrons. The lowest BCUT2D eigenvalue weighted by molar-refractivity contribution is 0.0283. The van der Waals surface area contributed by atoms with Gasteiger partial charge in [0.1, 0.15) is 5.75 Å². The Hall–Kier alpha value is -2.28. The number of guanidine groups is 1. The molecule has 1 heterocycles. The Morgan fingerprint density at radius 2 is 1.96 bits per heavy atom. The average molecular weight is 348 g/mol. The highest BCUT2D eigenvalue weighted by molar-refractivity contribution is 5.94. The van der Waals surface area contributed by atoms with E-state index in [2.05, 4.69) is 27.9 Å². The summed E-state index contributed by atoms with van der Waals surface area (Å²) >= 11 is 0. The number of hydrogen-bond acceptors (Lipinski definition) is 4. The van der Waals surface area contributed by atoms with Gasteiger partial charge in [-0.25, -0.2) is 0 Å². The van der Waals surface area contributed by atoms with Crippen molar-refractivity contribution < 1.29 is 14.6 Å². The van der Waals surface area contributed by atoms with Gasteiger partial charge in [-0.3, -0.25) is 9.79 Å². The van der Waals surface area contributed by atoms with Gasteiger partial charge >= 0.3 is 0 Å². The molecule has 138 valence electrons. The number of nitrogens with zero attached hydrogens (tertiary/aromatic N) is 1. The number of benzene rings is 1. The van der Waals surface area contributed by atoms with Crippen molar-refractivity contribution in [3.63, 3.8) is 0 Å². The Bertz CT molecular complexity index is 580. The Kier molecular flexibility index (Phi) is 7.06. The second kappa shape index (κ2) is 9.27. The SMILES string of the molecule is CCNC(=NCC1(C)CCCO1)NCCNC(=O)c1ccc(O)cc1. The van der Waals surface area contributed by atoms with Gasteiger partial charge in [0.25, 0.3) is 5.91 Å². The molecule has 1 saturated heterocycles. The van der Waals surface area contributed by atoms with E-state index in [1.165, 1.54) is 12.1 Å². The van der Waals surface area contributed by atoms with Crippen molar-refractivity contribution in [2.75, 3.05) is 32.8 Å². The van der Waals surface area contributed by atoms with Crippen LogP contribution in [0.25, 0.3) is 0 Å². The first-order chi connectivity index (χ1) is 12.0. The van der Waals surface area contributed by atoms with Gasteiger partial charge in [-0.15, -0.1) is 0 Å². The highest BCUT2D eigenvalue weighted by Crippen LogP contribution is 2.24. The minimum absolute atomic E-state index is 0.143. The third-order valence-corrected chi connectivity index (χ3v) is 4.05. The fraction of sp³-hybridized carbons (Fsp3) is 0.556. The molecule has 1 aromatic rings. The van der Waals surface area contributed by atoms with Gasteiger partial charge in [0, 0.05) is 31.8 Å². The van der Waals surface area contributed by atoms with Crippen LogP contribution in [-0.4, -0.2) is 55.4 Å². The van der Waals surface area contributed by atoms with Crippen molar-refractivity contribution in [1.29, 1.82) is 0 Å². The number of phenolic OH excluding ortho intramolecular Hbond substituents is 1. The van der Waals surface area contributed by atoms with Crippen LogP contribution < -0.4 is 16.0 Å². The fourth-order valence-electron chi connectivity index (χ4n) is 2.62. The summed E-state index contributed by atoms with van der Waals surface area (Å²) in [5.74, 6) is 0.693. The van der Waals surface area contributed by atoms with E-state index in [0.29, 0.717) is 25.2 Å². The van der Waals surface area contributed by atoms with Gasteiger partial charge in [0.2, 0.25) is 0 Å². The topological polar surface area (TPSA) is 95.0 Å². The zero-order chi connectivity index (χ0) is 18.1. The number of ether oxygens (including phenoxy) is 1. The van der Waals surface area contributed by atoms with Crippen LogP contribution in [-0.2, 0) is 4.74 Å². The van der Waals surface area contributed by atoms with Crippen molar-refractivity contribution in [2.24, 2.45) is 4.99 Å². The molecule has 4 N–H and O–H groups in total. The minimum atomic E-state index is -0.171. The largest absolute Gasteiger partial charge is 0.508 e. The van der Waals surface area contributed by atoms with Gasteiger partial charge in [0.05, 0.1) is 12.1 Å². The molecule has 0 saturated carbocycles. The first-order valence-electron chi connectivity index (χ1n) is 8.76. The van der Waals surface area contributed by atoms with Crippen LogP contribution in [0.1, 0.15) is 37.0 Å². The first kappa shape index (κ1) is 19.1. The van der Waals surface area contributed by atoms with Gasteiger partial charge in [-0.2, -0.15) is 0 Å². The van der Waals surface area contributed by atoms with Crippen molar-refractivity contribution in [3.8, 4) is 5.75 Å². The van der Waals surface area contributed by atoms with Crippen LogP contribution >= 0.6 is 0 Å². The molecule has 1 atom stereocenters. The maximum atomic E-state index is 12.0. The van der Waals surface area contributed by atoms with Crippen molar-refractivity contribution in [1.82, 2.24) is 16.0 Å². The van der Waals surface area contributed by atoms with Crippen LogP contribution in [0.15, 0.2) is 29.3 Å². The van der Waals surface area contributed by atoms with Crippen LogP contribution in [0.3, 0.4) is 0 Å². The highest BCUT2D eigenvalue weighted by Gasteiger charge is 2.29. The summed E-state index contributed by atoms with van der Waals surface area (Å²) in [6.45, 7) is 7.32. The summed E-state index contributed by atoms with van der Waals surface area (Å²) in [4.78, 5) is 16.6. The van der Waals surface area contributed by atoms with Crippen LogP contribution in [0.5, 0.6) is 5.75 Å². The molecule has 0 spiro atoms.